The zero-order valence-electron chi connectivity index (χ0n) is 16.8. The number of nitrogens with one attached hydrogen (secondary N) is 1. The predicted octanol–water partition coefficient (Wildman–Crippen LogP) is 4.15. The molecular formula is C22H26ClN3O3S. The van der Waals surface area contributed by atoms with Crippen molar-refractivity contribution in [3.05, 3.63) is 58.6 Å². The van der Waals surface area contributed by atoms with Gasteiger partial charge in [-0.25, -0.2) is 13.2 Å². The molecule has 0 radical (unpaired) electrons. The third-order valence-corrected chi connectivity index (χ3v) is 7.94. The Morgan fingerprint density at radius 3 is 2.37 bits per heavy atom. The molecule has 0 atom stereocenters. The number of urea groups is 1. The number of amides is 2. The van der Waals surface area contributed by atoms with Crippen molar-refractivity contribution in [2.24, 2.45) is 0 Å². The van der Waals surface area contributed by atoms with Crippen LogP contribution in [0.5, 0.6) is 0 Å². The second-order valence-corrected chi connectivity index (χ2v) is 10.2. The summed E-state index contributed by atoms with van der Waals surface area (Å²) < 4.78 is 27.9. The molecule has 30 heavy (non-hydrogen) atoms. The van der Waals surface area contributed by atoms with E-state index in [1.54, 1.807) is 35.2 Å². The smallest absolute Gasteiger partial charge is 0.321 e. The van der Waals surface area contributed by atoms with Gasteiger partial charge in [0.1, 0.15) is 0 Å². The van der Waals surface area contributed by atoms with Crippen molar-refractivity contribution >= 4 is 33.3 Å². The van der Waals surface area contributed by atoms with E-state index in [1.807, 2.05) is 12.1 Å². The van der Waals surface area contributed by atoms with E-state index in [2.05, 4.69) is 5.32 Å². The number of hydrogen-bond acceptors (Lipinski definition) is 3. The standard InChI is InChI=1S/C22H26ClN3O3S/c23-19-7-9-20(10-8-19)24-22(27)25-12-3-13-26(15-14-25)30(28,29)21-11-6-17-4-1-2-5-18(17)16-21/h6-11,16H,1-5,12-15H2,(H,24,27). The Bertz CT molecular complexity index is 1020. The first-order valence-corrected chi connectivity index (χ1v) is 12.2. The fraction of sp³-hybridized carbons (Fsp3) is 0.409. The number of anilines is 1. The van der Waals surface area contributed by atoms with Crippen LogP contribution in [-0.4, -0.2) is 49.8 Å². The van der Waals surface area contributed by atoms with Crippen LogP contribution in [0.4, 0.5) is 10.5 Å². The Morgan fingerprint density at radius 2 is 1.60 bits per heavy atom. The average molecular weight is 448 g/mol. The summed E-state index contributed by atoms with van der Waals surface area (Å²) in [6, 6.07) is 12.2. The van der Waals surface area contributed by atoms with Crippen molar-refractivity contribution in [2.75, 3.05) is 31.5 Å². The van der Waals surface area contributed by atoms with E-state index in [4.69, 9.17) is 11.6 Å². The molecule has 160 valence electrons. The molecule has 1 N–H and O–H groups in total. The van der Waals surface area contributed by atoms with E-state index >= 15 is 0 Å². The van der Waals surface area contributed by atoms with Crippen LogP contribution in [0.1, 0.15) is 30.4 Å². The van der Waals surface area contributed by atoms with Crippen LogP contribution in [0.3, 0.4) is 0 Å². The molecule has 0 aromatic heterocycles. The SMILES string of the molecule is O=C(Nc1ccc(Cl)cc1)N1CCCN(S(=O)(=O)c2ccc3c(c2)CCCC3)CC1. The first-order valence-electron chi connectivity index (χ1n) is 10.4. The molecule has 1 saturated heterocycles. The second-order valence-electron chi connectivity index (χ2n) is 7.82. The summed E-state index contributed by atoms with van der Waals surface area (Å²) >= 11 is 5.88. The van der Waals surface area contributed by atoms with Crippen LogP contribution in [0.2, 0.25) is 5.02 Å². The number of benzene rings is 2. The van der Waals surface area contributed by atoms with Crippen LogP contribution in [0.25, 0.3) is 0 Å². The van der Waals surface area contributed by atoms with Crippen molar-refractivity contribution in [1.82, 2.24) is 9.21 Å². The lowest BCUT2D eigenvalue weighted by atomic mass is 9.92. The number of nitrogens with zero attached hydrogens (tertiary/aromatic N) is 2. The molecule has 2 aromatic carbocycles. The molecule has 6 nitrogen and oxygen atoms in total. The van der Waals surface area contributed by atoms with E-state index in [1.165, 1.54) is 16.3 Å². The van der Waals surface area contributed by atoms with Gasteiger partial charge < -0.3 is 10.2 Å². The maximum Gasteiger partial charge on any atom is 0.321 e. The summed E-state index contributed by atoms with van der Waals surface area (Å²) in [6.45, 7) is 1.55. The van der Waals surface area contributed by atoms with E-state index < -0.39 is 10.0 Å². The molecule has 2 aromatic rings. The highest BCUT2D eigenvalue weighted by Crippen LogP contribution is 2.26. The third kappa shape index (κ3) is 4.63. The van der Waals surface area contributed by atoms with Crippen LogP contribution in [0, 0.1) is 0 Å². The molecule has 2 amide bonds. The number of fused-ring (bicyclic) bond motifs is 1. The first-order chi connectivity index (χ1) is 14.4. The van der Waals surface area contributed by atoms with Gasteiger partial charge in [-0.15, -0.1) is 0 Å². The maximum atomic E-state index is 13.2. The summed E-state index contributed by atoms with van der Waals surface area (Å²) in [5.41, 5.74) is 3.08. The van der Waals surface area contributed by atoms with Crippen LogP contribution < -0.4 is 5.32 Å². The molecule has 0 spiro atoms. The largest absolute Gasteiger partial charge is 0.323 e. The lowest BCUT2D eigenvalue weighted by Crippen LogP contribution is -2.39. The van der Waals surface area contributed by atoms with Gasteiger partial charge in [0.15, 0.2) is 0 Å². The van der Waals surface area contributed by atoms with Gasteiger partial charge in [0.05, 0.1) is 4.90 Å². The normalized spacial score (nSPS) is 17.8. The molecule has 0 saturated carbocycles. The summed E-state index contributed by atoms with van der Waals surface area (Å²) in [6.07, 6.45) is 4.84. The molecule has 1 heterocycles. The van der Waals surface area contributed by atoms with Crippen molar-refractivity contribution in [3.63, 3.8) is 0 Å². The highest BCUT2D eigenvalue weighted by atomic mass is 35.5. The van der Waals surface area contributed by atoms with Crippen molar-refractivity contribution in [1.29, 1.82) is 0 Å². The van der Waals surface area contributed by atoms with E-state index in [-0.39, 0.29) is 12.6 Å². The van der Waals surface area contributed by atoms with E-state index in [0.29, 0.717) is 41.7 Å². The summed E-state index contributed by atoms with van der Waals surface area (Å²) in [4.78, 5) is 14.6. The Hall–Kier alpha value is -2.09. The monoisotopic (exact) mass is 447 g/mol. The van der Waals surface area contributed by atoms with E-state index in [9.17, 15) is 13.2 Å². The summed E-state index contributed by atoms with van der Waals surface area (Å²) in [7, 11) is -3.57. The van der Waals surface area contributed by atoms with Crippen LogP contribution >= 0.6 is 11.6 Å². The lowest BCUT2D eigenvalue weighted by molar-refractivity contribution is 0.214. The summed E-state index contributed by atoms with van der Waals surface area (Å²) in [5.74, 6) is 0. The molecule has 0 bridgehead atoms. The number of hydrogen-bond donors (Lipinski definition) is 1. The zero-order chi connectivity index (χ0) is 21.1. The highest BCUT2D eigenvalue weighted by molar-refractivity contribution is 7.89. The Balaban J connectivity index is 1.43. The second kappa shape index (κ2) is 8.96. The van der Waals surface area contributed by atoms with Gasteiger partial charge in [0.25, 0.3) is 0 Å². The number of carbonyl (C=O) groups excluding carboxylic acids is 1. The van der Waals surface area contributed by atoms with Gasteiger partial charge in [0.2, 0.25) is 10.0 Å². The lowest BCUT2D eigenvalue weighted by Gasteiger charge is -2.23. The minimum absolute atomic E-state index is 0.231. The van der Waals surface area contributed by atoms with Gasteiger partial charge in [-0.05, 0) is 79.6 Å². The predicted molar refractivity (Wildman–Crippen MR) is 119 cm³/mol. The van der Waals surface area contributed by atoms with Crippen LogP contribution in [-0.2, 0) is 22.9 Å². The van der Waals surface area contributed by atoms with Gasteiger partial charge in [-0.1, -0.05) is 17.7 Å². The van der Waals surface area contributed by atoms with Gasteiger partial charge >= 0.3 is 6.03 Å². The number of sulfonamides is 1. The summed E-state index contributed by atoms with van der Waals surface area (Å²) in [5, 5.41) is 3.45. The molecule has 8 heteroatoms. The molecule has 1 fully saturated rings. The van der Waals surface area contributed by atoms with Gasteiger partial charge in [-0.3, -0.25) is 0 Å². The average Bonchev–Trinajstić information content (AvgIpc) is 3.02. The Labute approximate surface area is 182 Å². The minimum atomic E-state index is -3.57. The van der Waals surface area contributed by atoms with Gasteiger partial charge in [0, 0.05) is 36.9 Å². The molecule has 1 aliphatic heterocycles. The third-order valence-electron chi connectivity index (χ3n) is 5.80. The molecule has 4 rings (SSSR count). The van der Waals surface area contributed by atoms with E-state index in [0.717, 1.165) is 24.8 Å². The minimum Gasteiger partial charge on any atom is -0.323 e. The number of halogens is 1. The molecule has 0 unspecified atom stereocenters. The molecule has 1 aliphatic carbocycles. The molecular weight excluding hydrogens is 422 g/mol. The quantitative estimate of drug-likeness (QED) is 0.768. The van der Waals surface area contributed by atoms with Gasteiger partial charge in [-0.2, -0.15) is 4.31 Å². The Morgan fingerprint density at radius 1 is 0.867 bits per heavy atom. The fourth-order valence-electron chi connectivity index (χ4n) is 4.09. The first kappa shape index (κ1) is 21.2. The molecule has 2 aliphatic rings. The van der Waals surface area contributed by atoms with Crippen molar-refractivity contribution < 1.29 is 13.2 Å². The number of carbonyl (C=O) groups is 1. The zero-order valence-corrected chi connectivity index (χ0v) is 18.4. The topological polar surface area (TPSA) is 69.7 Å². The van der Waals surface area contributed by atoms with Crippen molar-refractivity contribution in [2.45, 2.75) is 37.0 Å². The Kier molecular flexibility index (Phi) is 6.32. The maximum absolute atomic E-state index is 13.2. The van der Waals surface area contributed by atoms with Crippen molar-refractivity contribution in [3.8, 4) is 0 Å². The number of rotatable bonds is 3. The highest BCUT2D eigenvalue weighted by Gasteiger charge is 2.29. The fourth-order valence-corrected chi connectivity index (χ4v) is 5.74. The van der Waals surface area contributed by atoms with Crippen LogP contribution in [0.15, 0.2) is 47.4 Å². The number of aryl methyl sites for hydroxylation is 2.